The SMILES string of the molecule is COc1cccc2c(O)c(-c3cn[nH]c3N)ccc12. The number of ether oxygens (including phenoxy) is 1. The Labute approximate surface area is 109 Å². The first-order valence-electron chi connectivity index (χ1n) is 5.80. The molecule has 0 saturated carbocycles. The highest BCUT2D eigenvalue weighted by Gasteiger charge is 2.13. The molecule has 1 heterocycles. The Kier molecular flexibility index (Phi) is 2.52. The number of hydrogen-bond donors (Lipinski definition) is 3. The van der Waals surface area contributed by atoms with Crippen LogP contribution in [0.2, 0.25) is 0 Å². The van der Waals surface area contributed by atoms with Crippen molar-refractivity contribution < 1.29 is 9.84 Å². The third-order valence-electron chi connectivity index (χ3n) is 3.17. The van der Waals surface area contributed by atoms with Crippen LogP contribution in [-0.2, 0) is 0 Å². The van der Waals surface area contributed by atoms with E-state index in [1.54, 1.807) is 19.4 Å². The summed E-state index contributed by atoms with van der Waals surface area (Å²) in [6, 6.07) is 9.24. The molecule has 1 aromatic heterocycles. The van der Waals surface area contributed by atoms with E-state index in [1.807, 2.05) is 24.3 Å². The highest BCUT2D eigenvalue weighted by molar-refractivity contribution is 5.99. The van der Waals surface area contributed by atoms with E-state index in [1.165, 1.54) is 0 Å². The third-order valence-corrected chi connectivity index (χ3v) is 3.17. The number of methoxy groups -OCH3 is 1. The molecule has 0 spiro atoms. The molecule has 0 fully saturated rings. The van der Waals surface area contributed by atoms with E-state index < -0.39 is 0 Å². The zero-order valence-corrected chi connectivity index (χ0v) is 10.3. The largest absolute Gasteiger partial charge is 0.507 e. The molecule has 96 valence electrons. The van der Waals surface area contributed by atoms with Gasteiger partial charge < -0.3 is 15.6 Å². The number of nitrogens with zero attached hydrogens (tertiary/aromatic N) is 1. The van der Waals surface area contributed by atoms with Crippen molar-refractivity contribution >= 4 is 16.6 Å². The molecular formula is C14H13N3O2. The van der Waals surface area contributed by atoms with Crippen LogP contribution in [-0.4, -0.2) is 22.4 Å². The van der Waals surface area contributed by atoms with Crippen LogP contribution in [0.15, 0.2) is 36.5 Å². The molecule has 4 N–H and O–H groups in total. The van der Waals surface area contributed by atoms with Crippen molar-refractivity contribution in [1.29, 1.82) is 0 Å². The van der Waals surface area contributed by atoms with E-state index in [4.69, 9.17) is 10.5 Å². The highest BCUT2D eigenvalue weighted by Crippen LogP contribution is 2.40. The number of aromatic nitrogens is 2. The van der Waals surface area contributed by atoms with Gasteiger partial charge >= 0.3 is 0 Å². The quantitative estimate of drug-likeness (QED) is 0.657. The number of phenolic OH excluding ortho intramolecular Hbond substituents is 1. The van der Waals surface area contributed by atoms with Crippen molar-refractivity contribution in [2.24, 2.45) is 0 Å². The molecule has 0 radical (unpaired) electrons. The van der Waals surface area contributed by atoms with Crippen LogP contribution in [0.5, 0.6) is 11.5 Å². The van der Waals surface area contributed by atoms with Crippen molar-refractivity contribution in [1.82, 2.24) is 10.2 Å². The van der Waals surface area contributed by atoms with E-state index in [0.717, 1.165) is 16.5 Å². The number of H-pyrrole nitrogens is 1. The van der Waals surface area contributed by atoms with E-state index >= 15 is 0 Å². The smallest absolute Gasteiger partial charge is 0.131 e. The number of anilines is 1. The summed E-state index contributed by atoms with van der Waals surface area (Å²) in [5.74, 6) is 1.32. The Bertz CT molecular complexity index is 750. The Hall–Kier alpha value is -2.69. The summed E-state index contributed by atoms with van der Waals surface area (Å²) in [6.07, 6.45) is 1.59. The average Bonchev–Trinajstić information content (AvgIpc) is 2.85. The summed E-state index contributed by atoms with van der Waals surface area (Å²) in [7, 11) is 1.60. The first-order valence-corrected chi connectivity index (χ1v) is 5.80. The fourth-order valence-electron chi connectivity index (χ4n) is 2.22. The molecule has 5 heteroatoms. The predicted octanol–water partition coefficient (Wildman–Crippen LogP) is 2.53. The lowest BCUT2D eigenvalue weighted by Crippen LogP contribution is -1.89. The van der Waals surface area contributed by atoms with Crippen LogP contribution in [0.4, 0.5) is 5.82 Å². The lowest BCUT2D eigenvalue weighted by atomic mass is 10.0. The molecule has 0 aliphatic rings. The van der Waals surface area contributed by atoms with Gasteiger partial charge in [-0.05, 0) is 18.2 Å². The number of rotatable bonds is 2. The normalized spacial score (nSPS) is 10.8. The van der Waals surface area contributed by atoms with Crippen molar-refractivity contribution in [3.63, 3.8) is 0 Å². The van der Waals surface area contributed by atoms with Crippen molar-refractivity contribution in [3.8, 4) is 22.6 Å². The number of hydrogen-bond acceptors (Lipinski definition) is 4. The molecule has 0 bridgehead atoms. The summed E-state index contributed by atoms with van der Waals surface area (Å²) < 4.78 is 5.28. The number of benzene rings is 2. The summed E-state index contributed by atoms with van der Waals surface area (Å²) in [5, 5.41) is 18.5. The minimum Gasteiger partial charge on any atom is -0.507 e. The Morgan fingerprint density at radius 3 is 2.68 bits per heavy atom. The first kappa shape index (κ1) is 11.4. The van der Waals surface area contributed by atoms with Gasteiger partial charge in [-0.3, -0.25) is 5.10 Å². The zero-order valence-electron chi connectivity index (χ0n) is 10.3. The molecule has 0 aliphatic heterocycles. The standard InChI is InChI=1S/C14H13N3O2/c1-19-12-4-2-3-9-8(12)5-6-10(13(9)18)11-7-16-17-14(11)15/h2-7,18H,1H3,(H3,15,16,17). The molecule has 3 aromatic rings. The minimum atomic E-state index is 0.171. The van der Waals surface area contributed by atoms with Crippen LogP contribution in [0.1, 0.15) is 0 Å². The number of nitrogens with two attached hydrogens (primary N) is 1. The molecule has 5 nitrogen and oxygen atoms in total. The Balaban J connectivity index is 2.31. The van der Waals surface area contributed by atoms with Crippen LogP contribution in [0.3, 0.4) is 0 Å². The van der Waals surface area contributed by atoms with E-state index in [-0.39, 0.29) is 5.75 Å². The maximum absolute atomic E-state index is 10.4. The topological polar surface area (TPSA) is 84.2 Å². The number of aromatic amines is 1. The summed E-state index contributed by atoms with van der Waals surface area (Å²) in [6.45, 7) is 0. The van der Waals surface area contributed by atoms with Gasteiger partial charge in [-0.25, -0.2) is 0 Å². The van der Waals surface area contributed by atoms with E-state index in [0.29, 0.717) is 16.9 Å². The summed E-state index contributed by atoms with van der Waals surface area (Å²) >= 11 is 0. The molecule has 3 rings (SSSR count). The number of phenols is 1. The monoisotopic (exact) mass is 255 g/mol. The van der Waals surface area contributed by atoms with Gasteiger partial charge in [0.15, 0.2) is 0 Å². The maximum Gasteiger partial charge on any atom is 0.131 e. The van der Waals surface area contributed by atoms with Gasteiger partial charge in [0.2, 0.25) is 0 Å². The molecule has 0 atom stereocenters. The number of aromatic hydroxyl groups is 1. The maximum atomic E-state index is 10.4. The van der Waals surface area contributed by atoms with Crippen molar-refractivity contribution in [2.75, 3.05) is 12.8 Å². The van der Waals surface area contributed by atoms with E-state index in [2.05, 4.69) is 10.2 Å². The van der Waals surface area contributed by atoms with Crippen LogP contribution in [0, 0.1) is 0 Å². The van der Waals surface area contributed by atoms with Gasteiger partial charge in [-0.15, -0.1) is 0 Å². The van der Waals surface area contributed by atoms with Gasteiger partial charge in [0.05, 0.1) is 13.3 Å². The lowest BCUT2D eigenvalue weighted by molar-refractivity contribution is 0.419. The second kappa shape index (κ2) is 4.20. The van der Waals surface area contributed by atoms with Gasteiger partial charge in [-0.2, -0.15) is 5.10 Å². The Morgan fingerprint density at radius 1 is 1.16 bits per heavy atom. The summed E-state index contributed by atoms with van der Waals surface area (Å²) in [5.41, 5.74) is 7.12. The van der Waals surface area contributed by atoms with Crippen LogP contribution >= 0.6 is 0 Å². The minimum absolute atomic E-state index is 0.171. The molecule has 0 unspecified atom stereocenters. The second-order valence-electron chi connectivity index (χ2n) is 4.21. The van der Waals surface area contributed by atoms with Gasteiger partial charge in [-0.1, -0.05) is 12.1 Å². The fraction of sp³-hybridized carbons (Fsp3) is 0.0714. The fourth-order valence-corrected chi connectivity index (χ4v) is 2.22. The molecule has 0 amide bonds. The molecule has 2 aromatic carbocycles. The molecule has 0 saturated heterocycles. The molecular weight excluding hydrogens is 242 g/mol. The second-order valence-corrected chi connectivity index (χ2v) is 4.21. The van der Waals surface area contributed by atoms with E-state index in [9.17, 15) is 5.11 Å². The average molecular weight is 255 g/mol. The Morgan fingerprint density at radius 2 is 2.00 bits per heavy atom. The number of nitrogens with one attached hydrogen (secondary N) is 1. The van der Waals surface area contributed by atoms with Crippen molar-refractivity contribution in [3.05, 3.63) is 36.5 Å². The van der Waals surface area contributed by atoms with Crippen LogP contribution < -0.4 is 10.5 Å². The number of fused-ring (bicyclic) bond motifs is 1. The third kappa shape index (κ3) is 1.67. The lowest BCUT2D eigenvalue weighted by Gasteiger charge is -2.10. The highest BCUT2D eigenvalue weighted by atomic mass is 16.5. The molecule has 0 aliphatic carbocycles. The van der Waals surface area contributed by atoms with Crippen LogP contribution in [0.25, 0.3) is 21.9 Å². The van der Waals surface area contributed by atoms with Gasteiger partial charge in [0.1, 0.15) is 17.3 Å². The summed E-state index contributed by atoms with van der Waals surface area (Å²) in [4.78, 5) is 0. The van der Waals surface area contributed by atoms with Gasteiger partial charge in [0, 0.05) is 21.9 Å². The van der Waals surface area contributed by atoms with Gasteiger partial charge in [0.25, 0.3) is 0 Å². The number of nitrogen functional groups attached to an aromatic ring is 1. The zero-order chi connectivity index (χ0) is 13.4. The van der Waals surface area contributed by atoms with Crippen molar-refractivity contribution in [2.45, 2.75) is 0 Å². The molecule has 19 heavy (non-hydrogen) atoms. The first-order chi connectivity index (χ1) is 9.22. The predicted molar refractivity (Wildman–Crippen MR) is 74.2 cm³/mol.